The molecule has 0 aromatic carbocycles. The summed E-state index contributed by atoms with van der Waals surface area (Å²) in [6.07, 6.45) is 4.13. The second kappa shape index (κ2) is 2.25. The standard InChI is InChI=1S/C10H20/c1-9(2)7-5-6-8-10(9,3)4/h5-8H2,1-4H3/i1D3/t9-/m0/s1. The van der Waals surface area contributed by atoms with E-state index in [4.69, 9.17) is 4.11 Å². The lowest BCUT2D eigenvalue weighted by molar-refractivity contribution is 0.0520. The molecule has 0 aliphatic heterocycles. The van der Waals surface area contributed by atoms with E-state index >= 15 is 0 Å². The van der Waals surface area contributed by atoms with Crippen LogP contribution in [-0.2, 0) is 0 Å². The fraction of sp³-hybridized carbons (Fsp3) is 1.00. The molecule has 0 saturated heterocycles. The molecule has 1 aliphatic rings. The Morgan fingerprint density at radius 1 is 1.00 bits per heavy atom. The Kier molecular flexibility index (Phi) is 1.08. The van der Waals surface area contributed by atoms with Gasteiger partial charge in [-0.25, -0.2) is 0 Å². The first-order chi connectivity index (χ1) is 5.71. The van der Waals surface area contributed by atoms with Gasteiger partial charge in [-0.3, -0.25) is 0 Å². The van der Waals surface area contributed by atoms with Crippen molar-refractivity contribution in [3.05, 3.63) is 0 Å². The minimum atomic E-state index is -1.81. The first-order valence-electron chi connectivity index (χ1n) is 5.71. The molecule has 0 aromatic heterocycles. The minimum Gasteiger partial charge on any atom is -0.0594 e. The van der Waals surface area contributed by atoms with Crippen LogP contribution < -0.4 is 0 Å². The molecule has 0 nitrogen and oxygen atoms in total. The Bertz CT molecular complexity index is 193. The molecule has 1 atom stereocenters. The molecule has 1 saturated carbocycles. The van der Waals surface area contributed by atoms with Crippen LogP contribution in [0.1, 0.15) is 57.4 Å². The van der Waals surface area contributed by atoms with Crippen molar-refractivity contribution in [3.63, 3.8) is 0 Å². The lowest BCUT2D eigenvalue weighted by Gasteiger charge is -2.45. The summed E-state index contributed by atoms with van der Waals surface area (Å²) in [6.45, 7) is 4.31. The zero-order valence-electron chi connectivity index (χ0n) is 10.3. The van der Waals surface area contributed by atoms with Crippen LogP contribution in [0.3, 0.4) is 0 Å². The Hall–Kier alpha value is 0. The molecular formula is C10H20. The van der Waals surface area contributed by atoms with E-state index in [-0.39, 0.29) is 5.41 Å². The summed E-state index contributed by atoms with van der Waals surface area (Å²) in [4.78, 5) is 0. The highest BCUT2D eigenvalue weighted by Gasteiger charge is 2.38. The van der Waals surface area contributed by atoms with Crippen LogP contribution in [0.2, 0.25) is 0 Å². The normalized spacial score (nSPS) is 45.3. The van der Waals surface area contributed by atoms with E-state index in [0.717, 1.165) is 19.3 Å². The molecule has 0 N–H and O–H groups in total. The zero-order valence-corrected chi connectivity index (χ0v) is 7.33. The maximum absolute atomic E-state index is 7.61. The summed E-state index contributed by atoms with van der Waals surface area (Å²) < 4.78 is 22.8. The minimum absolute atomic E-state index is 0.0451. The molecule has 0 amide bonds. The monoisotopic (exact) mass is 143 g/mol. The van der Waals surface area contributed by atoms with Crippen molar-refractivity contribution in [1.82, 2.24) is 0 Å². The van der Waals surface area contributed by atoms with Gasteiger partial charge in [-0.2, -0.15) is 0 Å². The summed E-state index contributed by atoms with van der Waals surface area (Å²) in [5.41, 5.74) is -0.533. The summed E-state index contributed by atoms with van der Waals surface area (Å²) in [7, 11) is 0. The summed E-state index contributed by atoms with van der Waals surface area (Å²) >= 11 is 0. The largest absolute Gasteiger partial charge is 0.0594 e. The zero-order chi connectivity index (χ0) is 10.3. The van der Waals surface area contributed by atoms with E-state index in [0.29, 0.717) is 0 Å². The summed E-state index contributed by atoms with van der Waals surface area (Å²) in [5.74, 6) is 0. The van der Waals surface area contributed by atoms with Crippen molar-refractivity contribution in [1.29, 1.82) is 0 Å². The van der Waals surface area contributed by atoms with Crippen LogP contribution in [0.4, 0.5) is 0 Å². The van der Waals surface area contributed by atoms with Crippen molar-refractivity contribution in [2.45, 2.75) is 53.3 Å². The Morgan fingerprint density at radius 3 is 1.80 bits per heavy atom. The lowest BCUT2D eigenvalue weighted by Crippen LogP contribution is -2.35. The van der Waals surface area contributed by atoms with Crippen LogP contribution in [0.5, 0.6) is 0 Å². The molecule has 0 heteroatoms. The Morgan fingerprint density at radius 2 is 1.50 bits per heavy atom. The van der Waals surface area contributed by atoms with E-state index in [2.05, 4.69) is 13.8 Å². The summed E-state index contributed by atoms with van der Waals surface area (Å²) in [5, 5.41) is 0. The van der Waals surface area contributed by atoms with Gasteiger partial charge in [0, 0.05) is 4.11 Å². The van der Waals surface area contributed by atoms with Crippen LogP contribution in [0.15, 0.2) is 0 Å². The molecule has 0 unspecified atom stereocenters. The SMILES string of the molecule is [2H]C([2H])([2H])[C@]1(C)CCCCC1(C)C. The van der Waals surface area contributed by atoms with Gasteiger partial charge >= 0.3 is 0 Å². The molecule has 0 spiro atoms. The van der Waals surface area contributed by atoms with E-state index in [1.165, 1.54) is 6.42 Å². The predicted molar refractivity (Wildman–Crippen MR) is 46.0 cm³/mol. The first-order valence-corrected chi connectivity index (χ1v) is 4.21. The smallest absolute Gasteiger partial charge is 0.0236 e. The molecule has 1 fully saturated rings. The van der Waals surface area contributed by atoms with Crippen molar-refractivity contribution >= 4 is 0 Å². The van der Waals surface area contributed by atoms with E-state index in [1.54, 1.807) is 0 Å². The predicted octanol–water partition coefficient (Wildman–Crippen LogP) is 3.61. The third kappa shape index (κ3) is 1.21. The van der Waals surface area contributed by atoms with E-state index in [9.17, 15) is 0 Å². The third-order valence-corrected chi connectivity index (χ3v) is 3.22. The highest BCUT2D eigenvalue weighted by atomic mass is 14.4. The van der Waals surface area contributed by atoms with Gasteiger partial charge < -0.3 is 0 Å². The Balaban J connectivity index is 2.98. The van der Waals surface area contributed by atoms with Gasteiger partial charge in [0.2, 0.25) is 0 Å². The van der Waals surface area contributed by atoms with Gasteiger partial charge in [0.25, 0.3) is 0 Å². The highest BCUT2D eigenvalue weighted by molar-refractivity contribution is 4.89. The van der Waals surface area contributed by atoms with Crippen LogP contribution in [-0.4, -0.2) is 0 Å². The average Bonchev–Trinajstić information content (AvgIpc) is 1.93. The van der Waals surface area contributed by atoms with Gasteiger partial charge in [0.05, 0.1) is 0 Å². The molecule has 1 rings (SSSR count). The molecule has 1 aliphatic carbocycles. The van der Waals surface area contributed by atoms with Crippen LogP contribution in [0.25, 0.3) is 0 Å². The van der Waals surface area contributed by atoms with Gasteiger partial charge in [-0.15, -0.1) is 0 Å². The Labute approximate surface area is 69.2 Å². The van der Waals surface area contributed by atoms with Crippen LogP contribution >= 0.6 is 0 Å². The van der Waals surface area contributed by atoms with Gasteiger partial charge in [-0.1, -0.05) is 40.5 Å². The molecule has 0 heterocycles. The molecule has 0 bridgehead atoms. The van der Waals surface area contributed by atoms with Crippen LogP contribution in [0, 0.1) is 10.8 Å². The van der Waals surface area contributed by atoms with E-state index < -0.39 is 12.3 Å². The molecular weight excluding hydrogens is 120 g/mol. The second-order valence-corrected chi connectivity index (χ2v) is 4.42. The maximum Gasteiger partial charge on any atom is 0.0236 e. The third-order valence-electron chi connectivity index (χ3n) is 3.22. The van der Waals surface area contributed by atoms with E-state index in [1.807, 2.05) is 6.92 Å². The van der Waals surface area contributed by atoms with Crippen molar-refractivity contribution in [3.8, 4) is 0 Å². The molecule has 0 radical (unpaired) electrons. The van der Waals surface area contributed by atoms with Gasteiger partial charge in [0.1, 0.15) is 0 Å². The van der Waals surface area contributed by atoms with Crippen molar-refractivity contribution < 1.29 is 4.11 Å². The number of hydrogen-bond acceptors (Lipinski definition) is 0. The fourth-order valence-electron chi connectivity index (χ4n) is 1.66. The molecule has 0 aromatic rings. The highest BCUT2D eigenvalue weighted by Crippen LogP contribution is 2.49. The van der Waals surface area contributed by atoms with Gasteiger partial charge in [-0.05, 0) is 23.7 Å². The van der Waals surface area contributed by atoms with Gasteiger partial charge in [0.15, 0.2) is 0 Å². The van der Waals surface area contributed by atoms with Crippen molar-refractivity contribution in [2.24, 2.45) is 10.8 Å². The molecule has 60 valence electrons. The summed E-state index contributed by atoms with van der Waals surface area (Å²) in [6, 6.07) is 0. The first kappa shape index (κ1) is 4.79. The number of rotatable bonds is 0. The number of hydrogen-bond donors (Lipinski definition) is 0. The quantitative estimate of drug-likeness (QED) is 0.486. The average molecular weight is 143 g/mol. The molecule has 10 heavy (non-hydrogen) atoms. The topological polar surface area (TPSA) is 0 Å². The van der Waals surface area contributed by atoms with Crippen molar-refractivity contribution in [2.75, 3.05) is 0 Å². The second-order valence-electron chi connectivity index (χ2n) is 4.42. The lowest BCUT2D eigenvalue weighted by atomic mass is 9.60. The maximum atomic E-state index is 7.61. The fourth-order valence-corrected chi connectivity index (χ4v) is 1.66.